The Balaban J connectivity index is 1.46. The number of amides is 1. The van der Waals surface area contributed by atoms with Gasteiger partial charge in [-0.1, -0.05) is 19.1 Å². The maximum absolute atomic E-state index is 12.1. The quantitative estimate of drug-likeness (QED) is 0.668. The van der Waals surface area contributed by atoms with Crippen LogP contribution < -0.4 is 5.32 Å². The van der Waals surface area contributed by atoms with Gasteiger partial charge in [0.15, 0.2) is 0 Å². The number of carbonyl (C=O) groups excluding carboxylic acids is 1. The van der Waals surface area contributed by atoms with Crippen LogP contribution in [0.5, 0.6) is 0 Å². The van der Waals surface area contributed by atoms with E-state index in [1.54, 1.807) is 11.0 Å². The van der Waals surface area contributed by atoms with Gasteiger partial charge in [0, 0.05) is 20.0 Å². The molecule has 1 atom stereocenters. The van der Waals surface area contributed by atoms with Crippen LogP contribution in [0.25, 0.3) is 11.0 Å². The van der Waals surface area contributed by atoms with Crippen molar-refractivity contribution < 1.29 is 4.79 Å². The number of carbonyl (C=O) groups is 1. The molecular weight excluding hydrogens is 304 g/mol. The maximum atomic E-state index is 12.1. The van der Waals surface area contributed by atoms with Crippen molar-refractivity contribution in [3.63, 3.8) is 0 Å². The first-order valence-corrected chi connectivity index (χ1v) is 8.15. The highest BCUT2D eigenvalue weighted by atomic mass is 16.1. The summed E-state index contributed by atoms with van der Waals surface area (Å²) in [5.41, 5.74) is 2.15. The molecule has 3 rings (SSSR count). The topological polar surface area (TPSA) is 77.6 Å². The highest BCUT2D eigenvalue weighted by Gasteiger charge is 2.13. The Morgan fingerprint density at radius 2 is 2.17 bits per heavy atom. The number of aromatic nitrogens is 5. The molecule has 24 heavy (non-hydrogen) atoms. The van der Waals surface area contributed by atoms with Crippen LogP contribution in [0.3, 0.4) is 0 Å². The van der Waals surface area contributed by atoms with Crippen molar-refractivity contribution in [3.8, 4) is 0 Å². The lowest BCUT2D eigenvalue weighted by atomic mass is 10.1. The summed E-state index contributed by atoms with van der Waals surface area (Å²) < 4.78 is 3.79. The minimum Gasteiger partial charge on any atom is -0.356 e. The number of rotatable bonds is 7. The van der Waals surface area contributed by atoms with E-state index in [1.165, 1.54) is 6.33 Å². The molecule has 0 saturated carbocycles. The number of hydrogen-bond donors (Lipinski definition) is 1. The van der Waals surface area contributed by atoms with Crippen LogP contribution in [0.1, 0.15) is 19.2 Å². The van der Waals surface area contributed by atoms with E-state index >= 15 is 0 Å². The maximum Gasteiger partial charge on any atom is 0.224 e. The molecule has 1 N–H and O–H groups in total. The average Bonchev–Trinajstić information content (AvgIpc) is 3.20. The van der Waals surface area contributed by atoms with Crippen molar-refractivity contribution in [1.82, 2.24) is 29.6 Å². The second kappa shape index (κ2) is 7.25. The molecule has 7 nitrogen and oxygen atoms in total. The third kappa shape index (κ3) is 3.61. The molecule has 0 saturated heterocycles. The van der Waals surface area contributed by atoms with Crippen LogP contribution in [-0.2, 0) is 24.8 Å². The van der Waals surface area contributed by atoms with Gasteiger partial charge in [-0.05, 0) is 18.6 Å². The van der Waals surface area contributed by atoms with Gasteiger partial charge in [-0.25, -0.2) is 9.97 Å². The highest BCUT2D eigenvalue weighted by Crippen LogP contribution is 2.15. The third-order valence-corrected chi connectivity index (χ3v) is 4.13. The van der Waals surface area contributed by atoms with E-state index in [4.69, 9.17) is 0 Å². The van der Waals surface area contributed by atoms with E-state index in [-0.39, 0.29) is 11.8 Å². The fourth-order valence-corrected chi connectivity index (χ4v) is 2.74. The SMILES string of the molecule is C[C@H](Cn1cncn1)C(=O)NCCCc1nc2ccccc2n1C. The molecule has 0 spiro atoms. The lowest BCUT2D eigenvalue weighted by molar-refractivity contribution is -0.124. The molecule has 0 unspecified atom stereocenters. The first-order chi connectivity index (χ1) is 11.6. The zero-order valence-corrected chi connectivity index (χ0v) is 14.0. The van der Waals surface area contributed by atoms with Crippen LogP contribution in [0, 0.1) is 5.92 Å². The van der Waals surface area contributed by atoms with Crippen molar-refractivity contribution >= 4 is 16.9 Å². The smallest absolute Gasteiger partial charge is 0.224 e. The van der Waals surface area contributed by atoms with E-state index in [9.17, 15) is 4.79 Å². The van der Waals surface area contributed by atoms with Crippen LogP contribution >= 0.6 is 0 Å². The molecule has 1 aromatic carbocycles. The molecule has 0 aliphatic heterocycles. The third-order valence-electron chi connectivity index (χ3n) is 4.13. The summed E-state index contributed by atoms with van der Waals surface area (Å²) in [6.45, 7) is 3.07. The molecule has 0 fully saturated rings. The van der Waals surface area contributed by atoms with Crippen LogP contribution in [0.2, 0.25) is 0 Å². The molecule has 2 heterocycles. The molecular formula is C17H22N6O. The summed E-state index contributed by atoms with van der Waals surface area (Å²) in [6, 6.07) is 8.10. The molecule has 3 aromatic rings. The molecule has 2 aromatic heterocycles. The Kier molecular flexibility index (Phi) is 4.88. The highest BCUT2D eigenvalue weighted by molar-refractivity contribution is 5.78. The summed E-state index contributed by atoms with van der Waals surface area (Å²) in [6.07, 6.45) is 4.79. The predicted molar refractivity (Wildman–Crippen MR) is 91.2 cm³/mol. The molecule has 1 amide bonds. The minimum atomic E-state index is -0.137. The first-order valence-electron chi connectivity index (χ1n) is 8.15. The number of nitrogens with one attached hydrogen (secondary N) is 1. The lowest BCUT2D eigenvalue weighted by Crippen LogP contribution is -2.32. The molecule has 0 radical (unpaired) electrons. The fraction of sp³-hybridized carbons (Fsp3) is 0.412. The van der Waals surface area contributed by atoms with Crippen molar-refractivity contribution in [2.24, 2.45) is 13.0 Å². The summed E-state index contributed by atoms with van der Waals surface area (Å²) in [5.74, 6) is 0.944. The van der Waals surface area contributed by atoms with Gasteiger partial charge >= 0.3 is 0 Å². The number of imidazole rings is 1. The normalized spacial score (nSPS) is 12.4. The summed E-state index contributed by atoms with van der Waals surface area (Å²) in [7, 11) is 2.03. The zero-order chi connectivity index (χ0) is 16.9. The molecule has 126 valence electrons. The number of fused-ring (bicyclic) bond motifs is 1. The van der Waals surface area contributed by atoms with Crippen molar-refractivity contribution in [1.29, 1.82) is 0 Å². The van der Waals surface area contributed by atoms with Crippen LogP contribution in [-0.4, -0.2) is 36.8 Å². The minimum absolute atomic E-state index is 0.0375. The van der Waals surface area contributed by atoms with E-state index in [2.05, 4.69) is 31.0 Å². The van der Waals surface area contributed by atoms with Gasteiger partial charge in [-0.2, -0.15) is 5.10 Å². The number of nitrogens with zero attached hydrogens (tertiary/aromatic N) is 5. The Hall–Kier alpha value is -2.70. The Morgan fingerprint density at radius 3 is 2.92 bits per heavy atom. The average molecular weight is 326 g/mol. The van der Waals surface area contributed by atoms with E-state index in [1.807, 2.05) is 32.2 Å². The van der Waals surface area contributed by atoms with Crippen LogP contribution in [0.15, 0.2) is 36.9 Å². The van der Waals surface area contributed by atoms with E-state index in [0.717, 1.165) is 29.7 Å². The lowest BCUT2D eigenvalue weighted by Gasteiger charge is -2.11. The number of hydrogen-bond acceptors (Lipinski definition) is 4. The van der Waals surface area contributed by atoms with Gasteiger partial charge in [-0.15, -0.1) is 0 Å². The summed E-state index contributed by atoms with van der Waals surface area (Å²) >= 11 is 0. The standard InChI is InChI=1S/C17H22N6O/c1-13(10-23-12-18-11-20-23)17(24)19-9-5-8-16-21-14-6-3-4-7-15(14)22(16)2/h3-4,6-7,11-13H,5,8-10H2,1-2H3,(H,19,24)/t13-/m1/s1. The predicted octanol–water partition coefficient (Wildman–Crippen LogP) is 1.55. The molecule has 7 heteroatoms. The van der Waals surface area contributed by atoms with Gasteiger partial charge in [0.25, 0.3) is 0 Å². The van der Waals surface area contributed by atoms with Crippen molar-refractivity contribution in [3.05, 3.63) is 42.7 Å². The van der Waals surface area contributed by atoms with Gasteiger partial charge in [0.1, 0.15) is 18.5 Å². The van der Waals surface area contributed by atoms with Gasteiger partial charge < -0.3 is 9.88 Å². The fourth-order valence-electron chi connectivity index (χ4n) is 2.74. The molecule has 0 aliphatic rings. The number of benzene rings is 1. The monoisotopic (exact) mass is 326 g/mol. The molecule has 0 bridgehead atoms. The molecule has 0 aliphatic carbocycles. The van der Waals surface area contributed by atoms with Gasteiger partial charge in [0.05, 0.1) is 23.5 Å². The first kappa shape index (κ1) is 16.2. The van der Waals surface area contributed by atoms with E-state index in [0.29, 0.717) is 13.1 Å². The zero-order valence-electron chi connectivity index (χ0n) is 14.0. The second-order valence-electron chi connectivity index (χ2n) is 5.99. The van der Waals surface area contributed by atoms with E-state index < -0.39 is 0 Å². The largest absolute Gasteiger partial charge is 0.356 e. The summed E-state index contributed by atoms with van der Waals surface area (Å²) in [5, 5.41) is 7.00. The number of para-hydroxylation sites is 2. The Morgan fingerprint density at radius 1 is 1.33 bits per heavy atom. The number of aryl methyl sites for hydroxylation is 2. The van der Waals surface area contributed by atoms with Crippen molar-refractivity contribution in [2.75, 3.05) is 6.54 Å². The van der Waals surface area contributed by atoms with Crippen LogP contribution in [0.4, 0.5) is 0 Å². The van der Waals surface area contributed by atoms with Crippen molar-refractivity contribution in [2.45, 2.75) is 26.3 Å². The Bertz CT molecular complexity index is 808. The van der Waals surface area contributed by atoms with Gasteiger partial charge in [-0.3, -0.25) is 9.48 Å². The second-order valence-corrected chi connectivity index (χ2v) is 5.99. The van der Waals surface area contributed by atoms with Gasteiger partial charge in [0.2, 0.25) is 5.91 Å². The summed E-state index contributed by atoms with van der Waals surface area (Å²) in [4.78, 5) is 20.6. The Labute approximate surface area is 140 Å².